The van der Waals surface area contributed by atoms with Gasteiger partial charge in [0.05, 0.1) is 6.54 Å². The Hall–Kier alpha value is -4.67. The van der Waals surface area contributed by atoms with E-state index in [1.807, 2.05) is 49.9 Å². The van der Waals surface area contributed by atoms with Gasteiger partial charge in [0, 0.05) is 54.9 Å². The number of carbonyl (C=O) groups excluding carboxylic acids is 4. The normalized spacial score (nSPS) is 17.4. The average molecular weight is 615 g/mol. The summed E-state index contributed by atoms with van der Waals surface area (Å²) in [7, 11) is 0. The summed E-state index contributed by atoms with van der Waals surface area (Å²) >= 11 is 0. The van der Waals surface area contributed by atoms with Crippen molar-refractivity contribution in [1.29, 1.82) is 0 Å². The first-order valence-corrected chi connectivity index (χ1v) is 15.9. The lowest BCUT2D eigenvalue weighted by atomic mass is 10.1. The lowest BCUT2D eigenvalue weighted by Crippen LogP contribution is -2.45. The molecular formula is C34H42N6O5. The smallest absolute Gasteiger partial charge is 0.257 e. The van der Waals surface area contributed by atoms with E-state index >= 15 is 0 Å². The second-order valence-electron chi connectivity index (χ2n) is 11.6. The van der Waals surface area contributed by atoms with Gasteiger partial charge in [0.1, 0.15) is 17.4 Å². The van der Waals surface area contributed by atoms with Crippen molar-refractivity contribution in [1.82, 2.24) is 20.0 Å². The van der Waals surface area contributed by atoms with Crippen LogP contribution in [0.1, 0.15) is 72.4 Å². The second-order valence-corrected chi connectivity index (χ2v) is 11.6. The Morgan fingerprint density at radius 3 is 2.33 bits per heavy atom. The molecule has 0 saturated carbocycles. The monoisotopic (exact) mass is 614 g/mol. The molecule has 2 N–H and O–H groups in total. The number of aryl methyl sites for hydroxylation is 1. The third-order valence-corrected chi connectivity index (χ3v) is 8.40. The van der Waals surface area contributed by atoms with Crippen LogP contribution in [0.3, 0.4) is 0 Å². The van der Waals surface area contributed by atoms with Gasteiger partial charge in [0.2, 0.25) is 17.8 Å². The van der Waals surface area contributed by atoms with E-state index < -0.39 is 11.9 Å². The molecule has 2 aliphatic heterocycles. The van der Waals surface area contributed by atoms with Crippen LogP contribution in [0.15, 0.2) is 57.9 Å². The molecule has 0 aliphatic carbocycles. The molecule has 238 valence electrons. The van der Waals surface area contributed by atoms with E-state index in [0.717, 1.165) is 55.5 Å². The van der Waals surface area contributed by atoms with Gasteiger partial charge in [-0.05, 0) is 101 Å². The second kappa shape index (κ2) is 14.4. The molecular weight excluding hydrogens is 572 g/mol. The lowest BCUT2D eigenvalue weighted by molar-refractivity contribution is -0.140. The van der Waals surface area contributed by atoms with Crippen molar-refractivity contribution in [2.75, 3.05) is 44.6 Å². The van der Waals surface area contributed by atoms with Crippen molar-refractivity contribution in [3.63, 3.8) is 0 Å². The molecule has 11 nitrogen and oxygen atoms in total. The van der Waals surface area contributed by atoms with Crippen molar-refractivity contribution in [3.8, 4) is 0 Å². The van der Waals surface area contributed by atoms with Crippen LogP contribution >= 0.6 is 0 Å². The number of anilines is 1. The van der Waals surface area contributed by atoms with E-state index in [0.29, 0.717) is 42.9 Å². The van der Waals surface area contributed by atoms with E-state index in [-0.39, 0.29) is 30.2 Å². The van der Waals surface area contributed by atoms with Crippen molar-refractivity contribution < 1.29 is 23.6 Å². The Kier molecular flexibility index (Phi) is 10.2. The van der Waals surface area contributed by atoms with E-state index in [9.17, 15) is 19.2 Å². The quantitative estimate of drug-likeness (QED) is 0.286. The molecule has 1 aromatic heterocycles. The van der Waals surface area contributed by atoms with Crippen LogP contribution in [0.5, 0.6) is 0 Å². The number of rotatable bonds is 8. The van der Waals surface area contributed by atoms with Crippen molar-refractivity contribution in [2.45, 2.75) is 58.9 Å². The van der Waals surface area contributed by atoms with Crippen LogP contribution in [0.4, 0.5) is 5.69 Å². The molecule has 2 saturated heterocycles. The van der Waals surface area contributed by atoms with Crippen molar-refractivity contribution in [3.05, 3.63) is 65.4 Å². The van der Waals surface area contributed by atoms with Gasteiger partial charge >= 0.3 is 0 Å². The maximum Gasteiger partial charge on any atom is 0.257 e. The maximum absolute atomic E-state index is 13.7. The molecule has 45 heavy (non-hydrogen) atoms. The Labute approximate surface area is 263 Å². The number of aliphatic imine (C=N–C) groups is 1. The molecule has 0 unspecified atom stereocenters. The number of carbonyl (C=O) groups is 4. The van der Waals surface area contributed by atoms with Crippen molar-refractivity contribution >= 4 is 46.2 Å². The first kappa shape index (κ1) is 31.7. The molecule has 0 spiro atoms. The van der Waals surface area contributed by atoms with Gasteiger partial charge < -0.3 is 24.4 Å². The van der Waals surface area contributed by atoms with Gasteiger partial charge in [-0.15, -0.1) is 0 Å². The fourth-order valence-corrected chi connectivity index (χ4v) is 5.87. The van der Waals surface area contributed by atoms with Gasteiger partial charge in [0.25, 0.3) is 11.8 Å². The van der Waals surface area contributed by atoms with Crippen LogP contribution in [0.2, 0.25) is 0 Å². The number of furan rings is 1. The zero-order valence-corrected chi connectivity index (χ0v) is 26.3. The molecule has 1 atom stereocenters. The summed E-state index contributed by atoms with van der Waals surface area (Å²) in [4.78, 5) is 62.6. The van der Waals surface area contributed by atoms with E-state index in [1.165, 1.54) is 0 Å². The summed E-state index contributed by atoms with van der Waals surface area (Å²) in [6.07, 6.45) is 4.00. The number of benzene rings is 2. The number of hydrogen-bond donors (Lipinski definition) is 2. The number of guanidine groups is 1. The van der Waals surface area contributed by atoms with Gasteiger partial charge in [-0.3, -0.25) is 24.5 Å². The fourth-order valence-electron chi connectivity index (χ4n) is 5.87. The third kappa shape index (κ3) is 7.71. The van der Waals surface area contributed by atoms with Crippen LogP contribution in [-0.2, 0) is 9.59 Å². The van der Waals surface area contributed by atoms with Crippen LogP contribution in [0, 0.1) is 6.92 Å². The van der Waals surface area contributed by atoms with Gasteiger partial charge in [-0.2, -0.15) is 0 Å². The Balaban J connectivity index is 1.38. The maximum atomic E-state index is 13.7. The minimum absolute atomic E-state index is 0.0367. The zero-order chi connectivity index (χ0) is 31.9. The Morgan fingerprint density at radius 1 is 0.933 bits per heavy atom. The third-order valence-electron chi connectivity index (χ3n) is 8.40. The molecule has 0 radical (unpaired) electrons. The SMILES string of the molecule is CCN(CC)C(=O)c1ccc(C(=O)NC(=N[C@H]2CCCCN(CC(=O)N3CCCC3)C2=O)Nc2ccc3oc(C)cc3c2)cc1. The molecule has 3 aromatic rings. The molecule has 4 amide bonds. The van der Waals surface area contributed by atoms with Gasteiger partial charge in [-0.25, -0.2) is 4.99 Å². The van der Waals surface area contributed by atoms with E-state index in [4.69, 9.17) is 9.41 Å². The highest BCUT2D eigenvalue weighted by atomic mass is 16.3. The predicted molar refractivity (Wildman–Crippen MR) is 173 cm³/mol. The topological polar surface area (TPSA) is 128 Å². The summed E-state index contributed by atoms with van der Waals surface area (Å²) < 4.78 is 5.70. The van der Waals surface area contributed by atoms with Crippen LogP contribution < -0.4 is 10.6 Å². The van der Waals surface area contributed by atoms with E-state index in [2.05, 4.69) is 10.6 Å². The number of fused-ring (bicyclic) bond motifs is 1. The highest BCUT2D eigenvalue weighted by Crippen LogP contribution is 2.23. The summed E-state index contributed by atoms with van der Waals surface area (Å²) in [5, 5.41) is 6.94. The number of amides is 4. The van der Waals surface area contributed by atoms with Crippen molar-refractivity contribution in [2.24, 2.45) is 4.99 Å². The highest BCUT2D eigenvalue weighted by Gasteiger charge is 2.30. The molecule has 3 heterocycles. The number of nitrogens with zero attached hydrogens (tertiary/aromatic N) is 4. The van der Waals surface area contributed by atoms with Crippen LogP contribution in [-0.4, -0.2) is 89.6 Å². The molecule has 11 heteroatoms. The molecule has 2 aromatic carbocycles. The van der Waals surface area contributed by atoms with Gasteiger partial charge in [0.15, 0.2) is 0 Å². The standard InChI is InChI=1S/C34H42N6O5/c1-4-38(5-2)32(43)25-13-11-24(12-14-25)31(42)37-34(35-27-15-16-29-26(21-27)20-23(3)45-29)36-28-10-6-7-19-40(33(28)44)22-30(41)39-17-8-9-18-39/h11-16,20-21,28H,4-10,17-19,22H2,1-3H3,(H2,35,36,37,42)/t28-/m0/s1. The van der Waals surface area contributed by atoms with Gasteiger partial charge in [-0.1, -0.05) is 0 Å². The summed E-state index contributed by atoms with van der Waals surface area (Å²) in [5.41, 5.74) is 2.23. The summed E-state index contributed by atoms with van der Waals surface area (Å²) in [6, 6.07) is 13.2. The average Bonchev–Trinajstić information content (AvgIpc) is 3.68. The molecule has 0 bridgehead atoms. The fraction of sp³-hybridized carbons (Fsp3) is 0.441. The van der Waals surface area contributed by atoms with E-state index in [1.54, 1.807) is 34.1 Å². The first-order valence-electron chi connectivity index (χ1n) is 15.9. The molecule has 2 fully saturated rings. The minimum Gasteiger partial charge on any atom is -0.461 e. The first-order chi connectivity index (χ1) is 21.7. The summed E-state index contributed by atoms with van der Waals surface area (Å²) in [6.45, 7) is 8.90. The molecule has 5 rings (SSSR count). The zero-order valence-electron chi connectivity index (χ0n) is 26.3. The Morgan fingerprint density at radius 2 is 1.62 bits per heavy atom. The largest absolute Gasteiger partial charge is 0.461 e. The van der Waals surface area contributed by atoms with Crippen LogP contribution in [0.25, 0.3) is 11.0 Å². The Bertz CT molecular complexity index is 1570. The predicted octanol–water partition coefficient (Wildman–Crippen LogP) is 4.42. The summed E-state index contributed by atoms with van der Waals surface area (Å²) in [5.74, 6) is 0.0946. The number of likely N-dealkylation sites (tertiary alicyclic amines) is 2. The number of hydrogen-bond acceptors (Lipinski definition) is 6. The highest BCUT2D eigenvalue weighted by molar-refractivity contribution is 6.11. The minimum atomic E-state index is -0.768. The molecule has 2 aliphatic rings. The number of nitrogens with one attached hydrogen (secondary N) is 2. The lowest BCUT2D eigenvalue weighted by Gasteiger charge is -2.25.